The van der Waals surface area contributed by atoms with Crippen molar-refractivity contribution in [2.24, 2.45) is 0 Å². The zero-order valence-corrected chi connectivity index (χ0v) is 13.2. The predicted molar refractivity (Wildman–Crippen MR) is 91.5 cm³/mol. The number of carbonyl (C=O) groups is 1. The summed E-state index contributed by atoms with van der Waals surface area (Å²) in [6.07, 6.45) is 1.48. The number of benzene rings is 2. The predicted octanol–water partition coefficient (Wildman–Crippen LogP) is 3.97. The van der Waals surface area contributed by atoms with E-state index in [1.807, 2.05) is 60.7 Å². The van der Waals surface area contributed by atoms with E-state index in [4.69, 9.17) is 9.15 Å². The van der Waals surface area contributed by atoms with E-state index < -0.39 is 0 Å². The Morgan fingerprint density at radius 3 is 2.33 bits per heavy atom. The van der Waals surface area contributed by atoms with Crippen LogP contribution in [-0.4, -0.2) is 12.5 Å². The van der Waals surface area contributed by atoms with Gasteiger partial charge < -0.3 is 14.5 Å². The van der Waals surface area contributed by atoms with Crippen molar-refractivity contribution in [3.05, 3.63) is 95.9 Å². The van der Waals surface area contributed by atoms with Crippen molar-refractivity contribution >= 4 is 5.91 Å². The lowest BCUT2D eigenvalue weighted by Gasteiger charge is -2.19. The van der Waals surface area contributed by atoms with E-state index in [1.54, 1.807) is 12.1 Å². The highest BCUT2D eigenvalue weighted by Crippen LogP contribution is 2.15. The molecular formula is C20H19NO3. The van der Waals surface area contributed by atoms with Crippen LogP contribution in [0.1, 0.15) is 27.7 Å². The maximum absolute atomic E-state index is 12.3. The van der Waals surface area contributed by atoms with Gasteiger partial charge >= 0.3 is 0 Å². The second-order valence-electron chi connectivity index (χ2n) is 5.41. The molecule has 0 saturated heterocycles. The molecule has 0 saturated carbocycles. The normalized spacial score (nSPS) is 11.8. The van der Waals surface area contributed by atoms with E-state index in [0.717, 1.165) is 11.1 Å². The summed E-state index contributed by atoms with van der Waals surface area (Å²) in [6.45, 7) is 0.881. The number of nitrogens with one attached hydrogen (secondary N) is 1. The molecule has 3 aromatic rings. The molecule has 1 unspecified atom stereocenters. The van der Waals surface area contributed by atoms with Gasteiger partial charge in [-0.25, -0.2) is 0 Å². The summed E-state index contributed by atoms with van der Waals surface area (Å²) in [5.74, 6) is 0.0381. The lowest BCUT2D eigenvalue weighted by atomic mass is 10.1. The molecule has 0 aliphatic rings. The van der Waals surface area contributed by atoms with E-state index in [0.29, 0.717) is 19.0 Å². The van der Waals surface area contributed by atoms with Gasteiger partial charge in [0, 0.05) is 0 Å². The van der Waals surface area contributed by atoms with Crippen molar-refractivity contribution in [3.63, 3.8) is 0 Å². The average molecular weight is 321 g/mol. The van der Waals surface area contributed by atoms with Crippen LogP contribution in [0.2, 0.25) is 0 Å². The zero-order chi connectivity index (χ0) is 16.6. The fraction of sp³-hybridized carbons (Fsp3) is 0.150. The van der Waals surface area contributed by atoms with Crippen LogP contribution in [-0.2, 0) is 11.3 Å². The van der Waals surface area contributed by atoms with Gasteiger partial charge in [0.05, 0.1) is 25.5 Å². The number of rotatable bonds is 7. The Hall–Kier alpha value is -2.85. The monoisotopic (exact) mass is 321 g/mol. The minimum atomic E-state index is -0.253. The summed E-state index contributed by atoms with van der Waals surface area (Å²) in [7, 11) is 0. The summed E-state index contributed by atoms with van der Waals surface area (Å²) in [6, 6.07) is 22.8. The number of ether oxygens (including phenoxy) is 1. The lowest BCUT2D eigenvalue weighted by molar-refractivity contribution is 0.0777. The highest BCUT2D eigenvalue weighted by Gasteiger charge is 2.17. The Morgan fingerprint density at radius 2 is 1.67 bits per heavy atom. The standard InChI is InChI=1S/C20H19NO3/c22-20(19-12-7-13-24-19)21-18(17-10-5-2-6-11-17)15-23-14-16-8-3-1-4-9-16/h1-13,18H,14-15H2,(H,21,22). The summed E-state index contributed by atoms with van der Waals surface area (Å²) in [4.78, 5) is 12.3. The highest BCUT2D eigenvalue weighted by atomic mass is 16.5. The van der Waals surface area contributed by atoms with Crippen LogP contribution in [0.3, 0.4) is 0 Å². The highest BCUT2D eigenvalue weighted by molar-refractivity contribution is 5.91. The van der Waals surface area contributed by atoms with Gasteiger partial charge in [-0.15, -0.1) is 0 Å². The molecule has 4 heteroatoms. The van der Waals surface area contributed by atoms with Crippen molar-refractivity contribution in [1.82, 2.24) is 5.32 Å². The maximum atomic E-state index is 12.3. The number of furan rings is 1. The first kappa shape index (κ1) is 16.0. The third-order valence-electron chi connectivity index (χ3n) is 3.65. The molecule has 0 fully saturated rings. The second kappa shape index (κ2) is 8.13. The van der Waals surface area contributed by atoms with Gasteiger partial charge in [0.1, 0.15) is 0 Å². The second-order valence-corrected chi connectivity index (χ2v) is 5.41. The van der Waals surface area contributed by atoms with Gasteiger partial charge in [-0.05, 0) is 23.3 Å². The molecule has 1 atom stereocenters. The third-order valence-corrected chi connectivity index (χ3v) is 3.65. The maximum Gasteiger partial charge on any atom is 0.287 e. The first-order chi connectivity index (χ1) is 11.8. The minimum absolute atomic E-state index is 0.243. The van der Waals surface area contributed by atoms with Gasteiger partial charge in [0.25, 0.3) is 5.91 Å². The van der Waals surface area contributed by atoms with Crippen LogP contribution in [0, 0.1) is 0 Å². The van der Waals surface area contributed by atoms with Crippen LogP contribution in [0.4, 0.5) is 0 Å². The van der Waals surface area contributed by atoms with E-state index in [2.05, 4.69) is 5.32 Å². The first-order valence-electron chi connectivity index (χ1n) is 7.84. The number of hydrogen-bond donors (Lipinski definition) is 1. The SMILES string of the molecule is O=C(NC(COCc1ccccc1)c1ccccc1)c1ccco1. The Bertz CT molecular complexity index is 739. The van der Waals surface area contributed by atoms with Gasteiger partial charge in [-0.3, -0.25) is 4.79 Å². The van der Waals surface area contributed by atoms with Crippen molar-refractivity contribution in [2.45, 2.75) is 12.6 Å². The molecular weight excluding hydrogens is 302 g/mol. The van der Waals surface area contributed by atoms with Crippen LogP contribution in [0.15, 0.2) is 83.5 Å². The van der Waals surface area contributed by atoms with Crippen molar-refractivity contribution in [3.8, 4) is 0 Å². The van der Waals surface area contributed by atoms with Gasteiger partial charge in [0.2, 0.25) is 0 Å². The average Bonchev–Trinajstić information content (AvgIpc) is 3.17. The van der Waals surface area contributed by atoms with E-state index >= 15 is 0 Å². The van der Waals surface area contributed by atoms with Crippen LogP contribution in [0.5, 0.6) is 0 Å². The van der Waals surface area contributed by atoms with Gasteiger partial charge in [-0.2, -0.15) is 0 Å². The van der Waals surface area contributed by atoms with Crippen LogP contribution < -0.4 is 5.32 Å². The summed E-state index contributed by atoms with van der Waals surface area (Å²) in [5.41, 5.74) is 2.09. The Kier molecular flexibility index (Phi) is 5.43. The van der Waals surface area contributed by atoms with Crippen molar-refractivity contribution in [1.29, 1.82) is 0 Å². The molecule has 0 aliphatic carbocycles. The largest absolute Gasteiger partial charge is 0.459 e. The fourth-order valence-electron chi connectivity index (χ4n) is 2.41. The first-order valence-corrected chi connectivity index (χ1v) is 7.84. The molecule has 3 rings (SSSR count). The topological polar surface area (TPSA) is 51.5 Å². The molecule has 0 aliphatic heterocycles. The molecule has 1 amide bonds. The lowest BCUT2D eigenvalue weighted by Crippen LogP contribution is -2.31. The van der Waals surface area contributed by atoms with Crippen molar-refractivity contribution < 1.29 is 13.9 Å². The zero-order valence-electron chi connectivity index (χ0n) is 13.2. The van der Waals surface area contributed by atoms with Crippen LogP contribution >= 0.6 is 0 Å². The Labute approximate surface area is 141 Å². The summed E-state index contributed by atoms with van der Waals surface area (Å²) < 4.78 is 11.0. The van der Waals surface area contributed by atoms with Gasteiger partial charge in [-0.1, -0.05) is 60.7 Å². The van der Waals surface area contributed by atoms with Gasteiger partial charge in [0.15, 0.2) is 5.76 Å². The van der Waals surface area contributed by atoms with E-state index in [1.165, 1.54) is 6.26 Å². The molecule has 0 bridgehead atoms. The quantitative estimate of drug-likeness (QED) is 0.716. The molecule has 24 heavy (non-hydrogen) atoms. The van der Waals surface area contributed by atoms with E-state index in [-0.39, 0.29) is 11.9 Å². The molecule has 1 heterocycles. The van der Waals surface area contributed by atoms with Crippen LogP contribution in [0.25, 0.3) is 0 Å². The number of carbonyl (C=O) groups excluding carboxylic acids is 1. The molecule has 2 aromatic carbocycles. The number of amides is 1. The fourth-order valence-corrected chi connectivity index (χ4v) is 2.41. The summed E-state index contributed by atoms with van der Waals surface area (Å²) >= 11 is 0. The smallest absolute Gasteiger partial charge is 0.287 e. The third kappa shape index (κ3) is 4.33. The van der Waals surface area contributed by atoms with E-state index in [9.17, 15) is 4.79 Å². The molecule has 1 aromatic heterocycles. The Balaban J connectivity index is 1.65. The molecule has 4 nitrogen and oxygen atoms in total. The molecule has 0 radical (unpaired) electrons. The minimum Gasteiger partial charge on any atom is -0.459 e. The summed E-state index contributed by atoms with van der Waals surface area (Å²) in [5, 5.41) is 2.96. The molecule has 122 valence electrons. The molecule has 0 spiro atoms. The van der Waals surface area contributed by atoms with Crippen molar-refractivity contribution in [2.75, 3.05) is 6.61 Å². The Morgan fingerprint density at radius 1 is 0.958 bits per heavy atom. The molecule has 1 N–H and O–H groups in total. The number of hydrogen-bond acceptors (Lipinski definition) is 3.